The van der Waals surface area contributed by atoms with Gasteiger partial charge in [-0.1, -0.05) is 12.1 Å². The monoisotopic (exact) mass is 289 g/mol. The van der Waals surface area contributed by atoms with Crippen LogP contribution >= 0.6 is 0 Å². The number of halogens is 3. The molecule has 1 atom stereocenters. The Hall–Kier alpha value is -2.82. The smallest absolute Gasteiger partial charge is 0.248 e. The summed E-state index contributed by atoms with van der Waals surface area (Å²) in [6.45, 7) is 0. The van der Waals surface area contributed by atoms with Gasteiger partial charge in [-0.25, -0.2) is 20.0 Å². The fourth-order valence-corrected chi connectivity index (χ4v) is 2.03. The van der Waals surface area contributed by atoms with Crippen LogP contribution in [-0.2, 0) is 5.66 Å². The van der Waals surface area contributed by atoms with E-state index in [9.17, 15) is 13.2 Å². The quantitative estimate of drug-likeness (QED) is 0.781. The van der Waals surface area contributed by atoms with E-state index in [2.05, 4.69) is 20.0 Å². The van der Waals surface area contributed by atoms with Crippen LogP contribution in [0.25, 0.3) is 0 Å². The Kier molecular flexibility index (Phi) is 2.73. The Morgan fingerprint density at radius 3 is 2.76 bits per heavy atom. The Labute approximate surface area is 116 Å². The lowest BCUT2D eigenvalue weighted by atomic mass is 9.96. The maximum absolute atomic E-state index is 13.6. The first-order valence-electron chi connectivity index (χ1n) is 5.79. The number of hydrogen-bond acceptors (Lipinski definition) is 5. The van der Waals surface area contributed by atoms with Gasteiger partial charge >= 0.3 is 6.18 Å². The SMILES string of the molecule is N#Cc1cccc(C2(C(F)(F)F)N=CC3=NC=NC3=N2)c1. The predicted molar refractivity (Wildman–Crippen MR) is 70.7 cm³/mol. The number of amidine groups is 1. The molecule has 0 N–H and O–H groups in total. The third kappa shape index (κ3) is 1.94. The number of alkyl halides is 3. The van der Waals surface area contributed by atoms with Crippen LogP contribution in [0.3, 0.4) is 0 Å². The van der Waals surface area contributed by atoms with E-state index >= 15 is 0 Å². The summed E-state index contributed by atoms with van der Waals surface area (Å²) in [5, 5.41) is 8.85. The number of nitrogens with zero attached hydrogens (tertiary/aromatic N) is 5. The minimum atomic E-state index is -4.77. The van der Waals surface area contributed by atoms with Crippen molar-refractivity contribution >= 4 is 24.1 Å². The van der Waals surface area contributed by atoms with E-state index in [4.69, 9.17) is 5.26 Å². The lowest BCUT2D eigenvalue weighted by Crippen LogP contribution is -2.43. The van der Waals surface area contributed by atoms with E-state index in [-0.39, 0.29) is 22.7 Å². The van der Waals surface area contributed by atoms with E-state index in [1.54, 1.807) is 6.07 Å². The molecule has 1 aromatic carbocycles. The molecule has 21 heavy (non-hydrogen) atoms. The molecule has 2 aliphatic rings. The third-order valence-corrected chi connectivity index (χ3v) is 3.04. The van der Waals surface area contributed by atoms with Gasteiger partial charge in [0.25, 0.3) is 5.66 Å². The van der Waals surface area contributed by atoms with Gasteiger partial charge in [-0.2, -0.15) is 18.4 Å². The van der Waals surface area contributed by atoms with Crippen LogP contribution in [0.2, 0.25) is 0 Å². The van der Waals surface area contributed by atoms with Crippen molar-refractivity contribution in [2.24, 2.45) is 20.0 Å². The van der Waals surface area contributed by atoms with Crippen LogP contribution < -0.4 is 0 Å². The maximum atomic E-state index is 13.6. The fraction of sp³-hybridized carbons (Fsp3) is 0.154. The summed E-state index contributed by atoms with van der Waals surface area (Å²) in [6, 6.07) is 6.92. The summed E-state index contributed by atoms with van der Waals surface area (Å²) in [7, 11) is 0. The fourth-order valence-electron chi connectivity index (χ4n) is 2.03. The average molecular weight is 289 g/mol. The highest BCUT2D eigenvalue weighted by molar-refractivity contribution is 6.65. The highest BCUT2D eigenvalue weighted by Crippen LogP contribution is 2.45. The zero-order valence-corrected chi connectivity index (χ0v) is 10.3. The van der Waals surface area contributed by atoms with Gasteiger partial charge in [0, 0.05) is 5.56 Å². The van der Waals surface area contributed by atoms with E-state index in [1.165, 1.54) is 18.2 Å². The molecule has 8 heteroatoms. The van der Waals surface area contributed by atoms with Gasteiger partial charge < -0.3 is 0 Å². The Morgan fingerprint density at radius 2 is 2.05 bits per heavy atom. The normalized spacial score (nSPS) is 23.3. The minimum absolute atomic E-state index is 0.0981. The molecule has 0 amide bonds. The summed E-state index contributed by atoms with van der Waals surface area (Å²) in [5.41, 5.74) is -2.75. The second-order valence-electron chi connectivity index (χ2n) is 4.32. The number of nitriles is 1. The molecular weight excluding hydrogens is 283 g/mol. The molecule has 5 nitrogen and oxygen atoms in total. The number of fused-ring (bicyclic) bond motifs is 1. The van der Waals surface area contributed by atoms with Crippen molar-refractivity contribution in [3.8, 4) is 6.07 Å². The average Bonchev–Trinajstić information content (AvgIpc) is 2.93. The van der Waals surface area contributed by atoms with Crippen molar-refractivity contribution in [3.05, 3.63) is 35.4 Å². The molecule has 1 unspecified atom stereocenters. The molecule has 0 radical (unpaired) electrons. The summed E-state index contributed by atoms with van der Waals surface area (Å²) >= 11 is 0. The molecule has 0 bridgehead atoms. The summed E-state index contributed by atoms with van der Waals surface area (Å²) in [6.07, 6.45) is -2.64. The van der Waals surface area contributed by atoms with Crippen LogP contribution in [-0.4, -0.2) is 30.3 Å². The zero-order chi connectivity index (χ0) is 15.1. The van der Waals surface area contributed by atoms with Crippen LogP contribution in [0.15, 0.2) is 44.2 Å². The topological polar surface area (TPSA) is 73.2 Å². The summed E-state index contributed by atoms with van der Waals surface area (Å²) in [4.78, 5) is 14.7. The summed E-state index contributed by atoms with van der Waals surface area (Å²) in [5.74, 6) is -0.121. The van der Waals surface area contributed by atoms with Crippen molar-refractivity contribution < 1.29 is 13.2 Å². The van der Waals surface area contributed by atoms with E-state index in [1.807, 2.05) is 0 Å². The van der Waals surface area contributed by atoms with Gasteiger partial charge in [0.2, 0.25) is 0 Å². The molecule has 2 aliphatic heterocycles. The highest BCUT2D eigenvalue weighted by Gasteiger charge is 2.58. The Morgan fingerprint density at radius 1 is 1.24 bits per heavy atom. The van der Waals surface area contributed by atoms with Crippen LogP contribution in [0, 0.1) is 11.3 Å². The maximum Gasteiger partial charge on any atom is 0.438 e. The van der Waals surface area contributed by atoms with Crippen LogP contribution in [0.4, 0.5) is 13.2 Å². The first kappa shape index (κ1) is 13.2. The lowest BCUT2D eigenvalue weighted by molar-refractivity contribution is -0.186. The van der Waals surface area contributed by atoms with Gasteiger partial charge in [-0.3, -0.25) is 0 Å². The second kappa shape index (κ2) is 4.34. The van der Waals surface area contributed by atoms with E-state index < -0.39 is 11.8 Å². The standard InChI is InChI=1S/C13H6F3N5/c14-13(15,16)12(9-3-1-2-8(4-9)5-17)20-6-10-11(21-12)19-7-18-10/h1-4,6-7H. The first-order chi connectivity index (χ1) is 9.96. The van der Waals surface area contributed by atoms with Gasteiger partial charge in [0.05, 0.1) is 17.8 Å². The minimum Gasteiger partial charge on any atom is -0.248 e. The molecule has 3 rings (SSSR count). The summed E-state index contributed by atoms with van der Waals surface area (Å²) < 4.78 is 40.7. The van der Waals surface area contributed by atoms with Crippen molar-refractivity contribution in [3.63, 3.8) is 0 Å². The molecule has 0 spiro atoms. The number of hydrogen-bond donors (Lipinski definition) is 0. The molecule has 2 heterocycles. The van der Waals surface area contributed by atoms with Gasteiger partial charge in [-0.15, -0.1) is 0 Å². The molecule has 0 saturated heterocycles. The zero-order valence-electron chi connectivity index (χ0n) is 10.3. The lowest BCUT2D eigenvalue weighted by Gasteiger charge is -2.30. The van der Waals surface area contributed by atoms with Gasteiger partial charge in [0.15, 0.2) is 5.84 Å². The third-order valence-electron chi connectivity index (χ3n) is 3.04. The molecule has 0 saturated carbocycles. The van der Waals surface area contributed by atoms with Crippen molar-refractivity contribution in [2.75, 3.05) is 0 Å². The molecular formula is C13H6F3N5. The van der Waals surface area contributed by atoms with E-state index in [0.717, 1.165) is 18.6 Å². The van der Waals surface area contributed by atoms with Crippen LogP contribution in [0.1, 0.15) is 11.1 Å². The Balaban J connectivity index is 2.23. The van der Waals surface area contributed by atoms with Gasteiger partial charge in [-0.05, 0) is 12.1 Å². The molecule has 0 aliphatic carbocycles. The molecule has 104 valence electrons. The second-order valence-corrected chi connectivity index (χ2v) is 4.32. The highest BCUT2D eigenvalue weighted by atomic mass is 19.4. The van der Waals surface area contributed by atoms with Crippen molar-refractivity contribution in [1.82, 2.24) is 0 Å². The first-order valence-corrected chi connectivity index (χ1v) is 5.79. The molecule has 0 fully saturated rings. The molecule has 1 aromatic rings. The van der Waals surface area contributed by atoms with Gasteiger partial charge in [0.1, 0.15) is 12.1 Å². The number of aliphatic imine (C=N–C) groups is 4. The largest absolute Gasteiger partial charge is 0.438 e. The van der Waals surface area contributed by atoms with Crippen molar-refractivity contribution in [1.29, 1.82) is 5.26 Å². The number of rotatable bonds is 1. The van der Waals surface area contributed by atoms with Crippen LogP contribution in [0.5, 0.6) is 0 Å². The Bertz CT molecular complexity index is 767. The van der Waals surface area contributed by atoms with E-state index in [0.29, 0.717) is 0 Å². The number of benzene rings is 1. The molecule has 0 aromatic heterocycles. The predicted octanol–water partition coefficient (Wildman–Crippen LogP) is 2.24. The van der Waals surface area contributed by atoms with Crippen molar-refractivity contribution in [2.45, 2.75) is 11.8 Å².